The molecule has 3 nitrogen and oxygen atoms in total. The molecular formula is C18H32N2O. The minimum absolute atomic E-state index is 0.252. The molecular weight excluding hydrogens is 260 g/mol. The molecule has 2 aliphatic rings. The largest absolute Gasteiger partial charge is 0.375 e. The topological polar surface area (TPSA) is 45.0 Å². The Bertz CT molecular complexity index is 399. The summed E-state index contributed by atoms with van der Waals surface area (Å²) in [7, 11) is 0. The second-order valence-electron chi connectivity index (χ2n) is 8.53. The van der Waals surface area contributed by atoms with Gasteiger partial charge in [0.1, 0.15) is 5.54 Å². The molecule has 4 unspecified atom stereocenters. The van der Waals surface area contributed by atoms with Crippen molar-refractivity contribution in [1.29, 1.82) is 5.26 Å². The van der Waals surface area contributed by atoms with E-state index in [1.54, 1.807) is 0 Å². The van der Waals surface area contributed by atoms with Gasteiger partial charge in [-0.05, 0) is 57.3 Å². The standard InChI is InChI=1S/C18H32N2O/c1-13(2)20-18(12-19)7-6-15(11-18)21-16-8-14(3)9-17(4,5)10-16/h13-16,20H,6-11H2,1-5H3. The number of ether oxygens (including phenoxy) is 1. The maximum atomic E-state index is 9.55. The molecule has 0 heterocycles. The molecule has 0 aromatic carbocycles. The van der Waals surface area contributed by atoms with Crippen molar-refractivity contribution in [3.05, 3.63) is 0 Å². The Hall–Kier alpha value is -0.590. The van der Waals surface area contributed by atoms with Crippen molar-refractivity contribution in [2.75, 3.05) is 0 Å². The van der Waals surface area contributed by atoms with Crippen molar-refractivity contribution in [3.63, 3.8) is 0 Å². The number of hydrogen-bond donors (Lipinski definition) is 1. The average molecular weight is 292 g/mol. The highest BCUT2D eigenvalue weighted by Crippen LogP contribution is 2.42. The maximum absolute atomic E-state index is 9.55. The van der Waals surface area contributed by atoms with E-state index >= 15 is 0 Å². The zero-order valence-corrected chi connectivity index (χ0v) is 14.4. The van der Waals surface area contributed by atoms with Crippen molar-refractivity contribution in [2.45, 2.75) is 96.9 Å². The molecule has 3 heteroatoms. The Balaban J connectivity index is 1.92. The van der Waals surface area contributed by atoms with Gasteiger partial charge in [-0.1, -0.05) is 20.8 Å². The smallest absolute Gasteiger partial charge is 0.109 e. The molecule has 0 amide bonds. The molecule has 0 bridgehead atoms. The lowest BCUT2D eigenvalue weighted by molar-refractivity contribution is -0.0638. The second-order valence-corrected chi connectivity index (χ2v) is 8.53. The molecule has 2 rings (SSSR count). The highest BCUT2D eigenvalue weighted by molar-refractivity contribution is 5.12. The molecule has 0 aromatic rings. The van der Waals surface area contributed by atoms with Gasteiger partial charge in [-0.15, -0.1) is 0 Å². The van der Waals surface area contributed by atoms with E-state index in [0.29, 0.717) is 17.6 Å². The fourth-order valence-corrected chi connectivity index (χ4v) is 4.57. The van der Waals surface area contributed by atoms with E-state index < -0.39 is 0 Å². The molecule has 1 N–H and O–H groups in total. The summed E-state index contributed by atoms with van der Waals surface area (Å²) in [4.78, 5) is 0. The first-order valence-electron chi connectivity index (χ1n) is 8.58. The fourth-order valence-electron chi connectivity index (χ4n) is 4.57. The van der Waals surface area contributed by atoms with Gasteiger partial charge in [0.05, 0.1) is 18.3 Å². The van der Waals surface area contributed by atoms with Crippen LogP contribution in [0.1, 0.15) is 73.1 Å². The molecule has 2 saturated carbocycles. The van der Waals surface area contributed by atoms with E-state index in [9.17, 15) is 5.26 Å². The second kappa shape index (κ2) is 6.26. The molecule has 2 aliphatic carbocycles. The molecule has 120 valence electrons. The van der Waals surface area contributed by atoms with E-state index in [1.807, 2.05) is 0 Å². The minimum Gasteiger partial charge on any atom is -0.375 e. The Morgan fingerprint density at radius 1 is 1.19 bits per heavy atom. The lowest BCUT2D eigenvalue weighted by Gasteiger charge is -2.40. The van der Waals surface area contributed by atoms with Gasteiger partial charge >= 0.3 is 0 Å². The number of nitriles is 1. The lowest BCUT2D eigenvalue weighted by Crippen LogP contribution is -2.46. The summed E-state index contributed by atoms with van der Waals surface area (Å²) in [6.45, 7) is 11.3. The highest BCUT2D eigenvalue weighted by atomic mass is 16.5. The molecule has 0 aliphatic heterocycles. The van der Waals surface area contributed by atoms with Crippen LogP contribution in [-0.4, -0.2) is 23.8 Å². The SMILES string of the molecule is CC1CC(OC2CCC(C#N)(NC(C)C)C2)CC(C)(C)C1. The molecule has 2 fully saturated rings. The van der Waals surface area contributed by atoms with Crippen LogP contribution in [0.2, 0.25) is 0 Å². The number of hydrogen-bond acceptors (Lipinski definition) is 3. The Morgan fingerprint density at radius 2 is 1.90 bits per heavy atom. The molecule has 4 atom stereocenters. The predicted octanol–water partition coefficient (Wildman–Crippen LogP) is 4.03. The summed E-state index contributed by atoms with van der Waals surface area (Å²) in [5, 5.41) is 13.0. The van der Waals surface area contributed by atoms with Crippen LogP contribution in [0, 0.1) is 22.7 Å². The van der Waals surface area contributed by atoms with E-state index in [-0.39, 0.29) is 11.6 Å². The third-order valence-electron chi connectivity index (χ3n) is 4.98. The van der Waals surface area contributed by atoms with E-state index in [2.05, 4.69) is 46.0 Å². The third-order valence-corrected chi connectivity index (χ3v) is 4.98. The quantitative estimate of drug-likeness (QED) is 0.851. The van der Waals surface area contributed by atoms with Gasteiger partial charge in [-0.3, -0.25) is 5.32 Å². The Morgan fingerprint density at radius 3 is 2.48 bits per heavy atom. The zero-order chi connectivity index (χ0) is 15.7. The zero-order valence-electron chi connectivity index (χ0n) is 14.4. The lowest BCUT2D eigenvalue weighted by atomic mass is 9.71. The maximum Gasteiger partial charge on any atom is 0.109 e. The first kappa shape index (κ1) is 16.8. The number of nitrogens with zero attached hydrogens (tertiary/aromatic N) is 1. The van der Waals surface area contributed by atoms with Crippen LogP contribution in [0.3, 0.4) is 0 Å². The van der Waals surface area contributed by atoms with Crippen LogP contribution < -0.4 is 5.32 Å². The number of nitrogens with one attached hydrogen (secondary N) is 1. The van der Waals surface area contributed by atoms with Crippen molar-refractivity contribution in [1.82, 2.24) is 5.32 Å². The molecule has 0 radical (unpaired) electrons. The van der Waals surface area contributed by atoms with Crippen LogP contribution in [0.25, 0.3) is 0 Å². The van der Waals surface area contributed by atoms with Crippen molar-refractivity contribution in [2.24, 2.45) is 11.3 Å². The predicted molar refractivity (Wildman–Crippen MR) is 85.9 cm³/mol. The Labute approximate surface area is 130 Å². The average Bonchev–Trinajstić information content (AvgIpc) is 2.69. The molecule has 21 heavy (non-hydrogen) atoms. The summed E-state index contributed by atoms with van der Waals surface area (Å²) < 4.78 is 6.41. The van der Waals surface area contributed by atoms with E-state index in [0.717, 1.165) is 31.6 Å². The summed E-state index contributed by atoms with van der Waals surface area (Å²) in [5.41, 5.74) is 0.0259. The van der Waals surface area contributed by atoms with Gasteiger partial charge < -0.3 is 4.74 Å². The van der Waals surface area contributed by atoms with Gasteiger partial charge in [0.2, 0.25) is 0 Å². The monoisotopic (exact) mass is 292 g/mol. The van der Waals surface area contributed by atoms with Gasteiger partial charge in [0.25, 0.3) is 0 Å². The summed E-state index contributed by atoms with van der Waals surface area (Å²) in [6.07, 6.45) is 7.03. The van der Waals surface area contributed by atoms with Crippen molar-refractivity contribution < 1.29 is 4.74 Å². The Kier molecular flexibility index (Phi) is 5.00. The van der Waals surface area contributed by atoms with Crippen LogP contribution in [0.5, 0.6) is 0 Å². The third kappa shape index (κ3) is 4.44. The molecule has 0 aromatic heterocycles. The van der Waals surface area contributed by atoms with Gasteiger partial charge in [0, 0.05) is 12.5 Å². The highest BCUT2D eigenvalue weighted by Gasteiger charge is 2.42. The summed E-state index contributed by atoms with van der Waals surface area (Å²) >= 11 is 0. The van der Waals surface area contributed by atoms with Gasteiger partial charge in [-0.2, -0.15) is 5.26 Å². The number of rotatable bonds is 4. The van der Waals surface area contributed by atoms with Crippen LogP contribution in [0.15, 0.2) is 0 Å². The van der Waals surface area contributed by atoms with E-state index in [4.69, 9.17) is 4.74 Å². The van der Waals surface area contributed by atoms with Crippen LogP contribution in [-0.2, 0) is 4.74 Å². The van der Waals surface area contributed by atoms with E-state index in [1.165, 1.54) is 12.8 Å². The normalized spacial score (nSPS) is 39.4. The fraction of sp³-hybridized carbons (Fsp3) is 0.944. The van der Waals surface area contributed by atoms with Crippen LogP contribution >= 0.6 is 0 Å². The van der Waals surface area contributed by atoms with Crippen molar-refractivity contribution in [3.8, 4) is 6.07 Å². The first-order valence-corrected chi connectivity index (χ1v) is 8.58. The first-order chi connectivity index (χ1) is 9.73. The van der Waals surface area contributed by atoms with Gasteiger partial charge in [-0.25, -0.2) is 0 Å². The molecule has 0 spiro atoms. The molecule has 0 saturated heterocycles. The van der Waals surface area contributed by atoms with Gasteiger partial charge in [0.15, 0.2) is 0 Å². The minimum atomic E-state index is -0.366. The summed E-state index contributed by atoms with van der Waals surface area (Å²) in [5.74, 6) is 0.745. The van der Waals surface area contributed by atoms with Crippen molar-refractivity contribution >= 4 is 0 Å². The summed E-state index contributed by atoms with van der Waals surface area (Å²) in [6, 6.07) is 2.85. The van der Waals surface area contributed by atoms with Crippen LogP contribution in [0.4, 0.5) is 0 Å².